The molecule has 0 saturated heterocycles. The highest BCUT2D eigenvalue weighted by Crippen LogP contribution is 2.36. The Kier molecular flexibility index (Phi) is 20.2. The number of carbonyl (C=O) groups is 2. The van der Waals surface area contributed by atoms with E-state index in [1.165, 1.54) is 24.3 Å². The molecule has 2 fully saturated rings. The molecule has 0 radical (unpaired) electrons. The van der Waals surface area contributed by atoms with Crippen LogP contribution in [-0.4, -0.2) is 70.2 Å². The van der Waals surface area contributed by atoms with Crippen LogP contribution >= 0.6 is 0 Å². The third-order valence-corrected chi connectivity index (χ3v) is 12.8. The molecule has 6 rings (SSSR count). The van der Waals surface area contributed by atoms with Gasteiger partial charge in [-0.3, -0.25) is 0 Å². The van der Waals surface area contributed by atoms with Crippen molar-refractivity contribution in [2.24, 2.45) is 23.7 Å². The first-order chi connectivity index (χ1) is 33.7. The topological polar surface area (TPSA) is 153 Å². The number of aliphatic carboxylic acids is 1. The van der Waals surface area contributed by atoms with E-state index in [-0.39, 0.29) is 31.0 Å². The van der Waals surface area contributed by atoms with Gasteiger partial charge in [-0.25, -0.2) is 19.6 Å². The zero-order valence-electron chi connectivity index (χ0n) is 43.0. The molecule has 4 aromatic rings. The van der Waals surface area contributed by atoms with Gasteiger partial charge in [0.05, 0.1) is 37.6 Å². The molecule has 2 heterocycles. The predicted molar refractivity (Wildman–Crippen MR) is 256 cm³/mol. The van der Waals surface area contributed by atoms with E-state index in [2.05, 4.69) is 9.97 Å². The number of ether oxygens (including phenoxy) is 5. The summed E-state index contributed by atoms with van der Waals surface area (Å²) in [4.78, 5) is 32.7. The average Bonchev–Trinajstić information content (AvgIpc) is 3.94. The third-order valence-electron chi connectivity index (χ3n) is 12.8. The lowest BCUT2D eigenvalue weighted by molar-refractivity contribution is -0.181. The van der Waals surface area contributed by atoms with Gasteiger partial charge in [0, 0.05) is 37.2 Å². The fraction of sp³-hybridized carbons (Fsp3) is 0.630. The van der Waals surface area contributed by atoms with Crippen LogP contribution in [0.2, 0.25) is 0 Å². The normalized spacial score (nSPS) is 19.2. The molecule has 400 valence electrons. The number of carbonyl (C=O) groups excluding carboxylic acids is 1. The minimum Gasteiger partial charge on any atom is -0.479 e. The van der Waals surface area contributed by atoms with Crippen LogP contribution in [0, 0.1) is 23.7 Å². The molecule has 2 aromatic heterocycles. The van der Waals surface area contributed by atoms with Crippen molar-refractivity contribution in [3.8, 4) is 22.9 Å². The van der Waals surface area contributed by atoms with Crippen LogP contribution in [0.15, 0.2) is 57.4 Å². The summed E-state index contributed by atoms with van der Waals surface area (Å²) < 4.78 is 118. The van der Waals surface area contributed by atoms with Gasteiger partial charge in [0.2, 0.25) is 11.8 Å². The van der Waals surface area contributed by atoms with Gasteiger partial charge in [0.1, 0.15) is 28.5 Å². The SMILES string of the molecule is CCc1oc(-c2ccc(C(F)(F)F)cc2)nc1COC[C@@H]1CCC[C@H](COC(C)(C)C(=O)O)C1.CCc1oc(-c2ccc(C(F)(F)F)cc2)nc1COC[C@@H]1CCC[C@H](COC(C)(C)C(=O)OC(C)(C)C)C1. The molecule has 0 amide bonds. The number of rotatable bonds is 20. The third kappa shape index (κ3) is 17.4. The fourth-order valence-electron chi connectivity index (χ4n) is 8.62. The summed E-state index contributed by atoms with van der Waals surface area (Å²) >= 11 is 0. The number of oxazole rings is 2. The van der Waals surface area contributed by atoms with E-state index in [0.717, 1.165) is 75.6 Å². The van der Waals surface area contributed by atoms with Gasteiger partial charge in [0.25, 0.3) is 0 Å². The van der Waals surface area contributed by atoms with Crippen LogP contribution in [-0.2, 0) is 71.7 Å². The highest BCUT2D eigenvalue weighted by molar-refractivity contribution is 5.79. The number of alkyl halides is 6. The Hall–Kier alpha value is -4.78. The van der Waals surface area contributed by atoms with Crippen molar-refractivity contribution in [2.75, 3.05) is 26.4 Å². The molecule has 12 nitrogen and oxygen atoms in total. The van der Waals surface area contributed by atoms with E-state index >= 15 is 0 Å². The van der Waals surface area contributed by atoms with Crippen molar-refractivity contribution in [1.29, 1.82) is 0 Å². The van der Waals surface area contributed by atoms with Crippen LogP contribution in [0.3, 0.4) is 0 Å². The van der Waals surface area contributed by atoms with E-state index in [1.807, 2.05) is 34.6 Å². The molecule has 0 bridgehead atoms. The Morgan fingerprint density at radius 2 is 0.944 bits per heavy atom. The molecule has 18 heteroatoms. The first kappa shape index (κ1) is 58.1. The average molecular weight is 1020 g/mol. The largest absolute Gasteiger partial charge is 0.479 e. The first-order valence-corrected chi connectivity index (χ1v) is 24.9. The number of carboxylic acids is 1. The first-order valence-electron chi connectivity index (χ1n) is 24.9. The monoisotopic (exact) mass is 1020 g/mol. The Bertz CT molecular complexity index is 2330. The van der Waals surface area contributed by atoms with Crippen LogP contribution < -0.4 is 0 Å². The highest BCUT2D eigenvalue weighted by Gasteiger charge is 2.36. The maximum atomic E-state index is 12.9. The second-order valence-electron chi connectivity index (χ2n) is 20.9. The molecule has 2 saturated carbocycles. The summed E-state index contributed by atoms with van der Waals surface area (Å²) in [5.74, 6) is 1.90. The van der Waals surface area contributed by atoms with Gasteiger partial charge < -0.3 is 37.6 Å². The summed E-state index contributed by atoms with van der Waals surface area (Å²) in [7, 11) is 0. The van der Waals surface area contributed by atoms with E-state index < -0.39 is 46.3 Å². The number of carboxylic acid groups (broad SMARTS) is 1. The second-order valence-corrected chi connectivity index (χ2v) is 20.9. The van der Waals surface area contributed by atoms with Crippen LogP contribution in [0.1, 0.15) is 148 Å². The standard InChI is InChI=1S/C29H40F3NO5.C25H32F3NO5/c1-7-24-23(33-25(37-24)21-11-13-22(14-12-21)29(30,31)32)18-35-16-19-9-8-10-20(15-19)17-36-28(5,6)26(34)38-27(2,3)4;1-4-21-20(29-22(34-21)18-8-10-19(11-9-18)25(26,27)28)15-32-13-16-6-5-7-17(12-16)14-33-24(2,3)23(30)31/h11-14,19-20H,7-10,15-18H2,1-6H3;8-11,16-17H,4-7,12-15H2,1-3H3,(H,30,31)/t19-,20+;16-,17+/m11/s1. The van der Waals surface area contributed by atoms with Gasteiger partial charge in [-0.1, -0.05) is 26.7 Å². The lowest BCUT2D eigenvalue weighted by Gasteiger charge is -2.33. The number of esters is 1. The van der Waals surface area contributed by atoms with Crippen molar-refractivity contribution in [3.05, 3.63) is 82.6 Å². The molecule has 1 N–H and O–H groups in total. The molecular weight excluding hydrogens is 951 g/mol. The fourth-order valence-corrected chi connectivity index (χ4v) is 8.62. The summed E-state index contributed by atoms with van der Waals surface area (Å²) in [6.07, 6.45) is 0.517. The maximum Gasteiger partial charge on any atom is 0.416 e. The predicted octanol–water partition coefficient (Wildman–Crippen LogP) is 13.5. The van der Waals surface area contributed by atoms with Crippen molar-refractivity contribution in [2.45, 2.75) is 169 Å². The quantitative estimate of drug-likeness (QED) is 0.0662. The molecule has 0 aliphatic heterocycles. The van der Waals surface area contributed by atoms with Gasteiger partial charge in [0.15, 0.2) is 11.2 Å². The number of aromatic nitrogens is 2. The second kappa shape index (κ2) is 25.0. The van der Waals surface area contributed by atoms with Crippen LogP contribution in [0.5, 0.6) is 0 Å². The van der Waals surface area contributed by atoms with Crippen LogP contribution in [0.4, 0.5) is 26.3 Å². The minimum absolute atomic E-state index is 0.261. The van der Waals surface area contributed by atoms with E-state index in [9.17, 15) is 41.0 Å². The Morgan fingerprint density at radius 3 is 1.28 bits per heavy atom. The number of benzene rings is 2. The zero-order chi connectivity index (χ0) is 53.1. The van der Waals surface area contributed by atoms with Gasteiger partial charge in [-0.05, 0) is 159 Å². The smallest absolute Gasteiger partial charge is 0.416 e. The highest BCUT2D eigenvalue weighted by atomic mass is 19.4. The lowest BCUT2D eigenvalue weighted by atomic mass is 9.82. The van der Waals surface area contributed by atoms with Gasteiger partial charge in [-0.15, -0.1) is 0 Å². The van der Waals surface area contributed by atoms with Crippen molar-refractivity contribution >= 4 is 11.9 Å². The Balaban J connectivity index is 0.000000269. The van der Waals surface area contributed by atoms with E-state index in [4.69, 9.17) is 32.5 Å². The number of halogens is 6. The summed E-state index contributed by atoms with van der Waals surface area (Å²) in [5, 5.41) is 9.20. The Morgan fingerprint density at radius 1 is 0.583 bits per heavy atom. The van der Waals surface area contributed by atoms with Crippen molar-refractivity contribution in [1.82, 2.24) is 9.97 Å². The summed E-state index contributed by atoms with van der Waals surface area (Å²) in [6, 6.07) is 9.53. The number of aryl methyl sites for hydroxylation is 2. The molecule has 2 aromatic carbocycles. The van der Waals surface area contributed by atoms with Crippen molar-refractivity contribution < 1.29 is 73.6 Å². The number of nitrogens with zero attached hydrogens (tertiary/aromatic N) is 2. The zero-order valence-corrected chi connectivity index (χ0v) is 43.0. The number of hydrogen-bond acceptors (Lipinski definition) is 11. The molecule has 2 aliphatic rings. The van der Waals surface area contributed by atoms with Gasteiger partial charge >= 0.3 is 24.3 Å². The van der Waals surface area contributed by atoms with E-state index in [0.29, 0.717) is 97.0 Å². The van der Waals surface area contributed by atoms with Gasteiger partial charge in [-0.2, -0.15) is 26.3 Å². The summed E-state index contributed by atoms with van der Waals surface area (Å²) in [6.45, 7) is 18.5. The molecule has 0 unspecified atom stereocenters. The Labute approximate surface area is 418 Å². The molecule has 2 aliphatic carbocycles. The van der Waals surface area contributed by atoms with E-state index in [1.54, 1.807) is 27.7 Å². The lowest BCUT2D eigenvalue weighted by Crippen LogP contribution is -2.42. The summed E-state index contributed by atoms with van der Waals surface area (Å²) in [5.41, 5.74) is -1.92. The molecule has 72 heavy (non-hydrogen) atoms. The molecular formula is C54H72F6N2O10. The molecule has 0 spiro atoms. The minimum atomic E-state index is -4.39. The maximum absolute atomic E-state index is 12.9. The number of hydrogen-bond donors (Lipinski definition) is 1. The molecule has 4 atom stereocenters. The van der Waals surface area contributed by atoms with Crippen LogP contribution in [0.25, 0.3) is 22.9 Å². The van der Waals surface area contributed by atoms with Crippen molar-refractivity contribution in [3.63, 3.8) is 0 Å².